The van der Waals surface area contributed by atoms with E-state index in [0.29, 0.717) is 0 Å². The van der Waals surface area contributed by atoms with Crippen LogP contribution in [0.2, 0.25) is 0 Å². The van der Waals surface area contributed by atoms with Gasteiger partial charge >= 0.3 is 5.97 Å². The lowest BCUT2D eigenvalue weighted by Crippen LogP contribution is -2.47. The summed E-state index contributed by atoms with van der Waals surface area (Å²) in [6.07, 6.45) is 4.83. The molecule has 0 unspecified atom stereocenters. The van der Waals surface area contributed by atoms with Crippen molar-refractivity contribution in [1.29, 1.82) is 0 Å². The largest absolute Gasteiger partial charge is 0.481 e. The van der Waals surface area contributed by atoms with Gasteiger partial charge in [-0.15, -0.1) is 0 Å². The van der Waals surface area contributed by atoms with E-state index in [-0.39, 0.29) is 25.2 Å². The van der Waals surface area contributed by atoms with E-state index in [1.807, 2.05) is 0 Å². The Kier molecular flexibility index (Phi) is 5.75. The van der Waals surface area contributed by atoms with Gasteiger partial charge in [-0.3, -0.25) is 14.4 Å². The average Bonchev–Trinajstić information content (AvgIpc) is 2.24. The number of carbonyl (C=O) groups excluding carboxylic acids is 2. The minimum absolute atomic E-state index is 0.0245. The summed E-state index contributed by atoms with van der Waals surface area (Å²) < 4.78 is 0. The van der Waals surface area contributed by atoms with Crippen LogP contribution in [0.5, 0.6) is 0 Å². The summed E-state index contributed by atoms with van der Waals surface area (Å²) >= 11 is 0. The van der Waals surface area contributed by atoms with Gasteiger partial charge in [-0.1, -0.05) is 19.3 Å². The predicted octanol–water partition coefficient (Wildman–Crippen LogP) is 1.57. The fourth-order valence-electron chi connectivity index (χ4n) is 3.28. The van der Waals surface area contributed by atoms with Gasteiger partial charge in [0.1, 0.15) is 0 Å². The number of aliphatic carboxylic acids is 1. The SMILES string of the molecule is CC(C)(CC(N)=O)NC(=O)CC1(CC(=O)O)CCCCC1. The highest BCUT2D eigenvalue weighted by Gasteiger charge is 2.37. The minimum atomic E-state index is -0.860. The van der Waals surface area contributed by atoms with Crippen LogP contribution in [0, 0.1) is 5.41 Å². The highest BCUT2D eigenvalue weighted by atomic mass is 16.4. The van der Waals surface area contributed by atoms with Gasteiger partial charge in [-0.2, -0.15) is 0 Å². The molecule has 1 rings (SSSR count). The van der Waals surface area contributed by atoms with Crippen LogP contribution in [-0.4, -0.2) is 28.4 Å². The molecule has 0 heterocycles. The first kappa shape index (κ1) is 17.5. The van der Waals surface area contributed by atoms with Gasteiger partial charge in [0.25, 0.3) is 0 Å². The molecule has 0 saturated heterocycles. The van der Waals surface area contributed by atoms with Crippen molar-refractivity contribution in [2.24, 2.45) is 11.1 Å². The van der Waals surface area contributed by atoms with Crippen LogP contribution in [0.1, 0.15) is 65.2 Å². The van der Waals surface area contributed by atoms with Crippen molar-refractivity contribution < 1.29 is 19.5 Å². The standard InChI is InChI=1S/C15H26N2O4/c1-14(2,8-11(16)18)17-12(19)9-15(10-13(20)21)6-4-3-5-7-15/h3-10H2,1-2H3,(H2,16,18)(H,17,19)(H,20,21). The zero-order chi connectivity index (χ0) is 16.1. The highest BCUT2D eigenvalue weighted by molar-refractivity contribution is 5.81. The topological polar surface area (TPSA) is 109 Å². The normalized spacial score (nSPS) is 18.0. The minimum Gasteiger partial charge on any atom is -0.481 e. The van der Waals surface area contributed by atoms with Crippen LogP contribution in [0.25, 0.3) is 0 Å². The van der Waals surface area contributed by atoms with Gasteiger partial charge in [0.15, 0.2) is 0 Å². The second kappa shape index (κ2) is 6.91. The number of carboxylic acid groups (broad SMARTS) is 1. The molecular weight excluding hydrogens is 272 g/mol. The molecule has 6 heteroatoms. The molecule has 4 N–H and O–H groups in total. The summed E-state index contributed by atoms with van der Waals surface area (Å²) in [4.78, 5) is 34.3. The van der Waals surface area contributed by atoms with Crippen molar-refractivity contribution in [3.63, 3.8) is 0 Å². The maximum Gasteiger partial charge on any atom is 0.303 e. The first-order valence-electron chi connectivity index (χ1n) is 7.45. The van der Waals surface area contributed by atoms with Gasteiger partial charge in [-0.25, -0.2) is 0 Å². The van der Waals surface area contributed by atoms with Crippen molar-refractivity contribution in [3.05, 3.63) is 0 Å². The van der Waals surface area contributed by atoms with Crippen LogP contribution < -0.4 is 11.1 Å². The third-order valence-corrected chi connectivity index (χ3v) is 4.07. The zero-order valence-corrected chi connectivity index (χ0v) is 12.9. The van der Waals surface area contributed by atoms with Crippen LogP contribution in [-0.2, 0) is 14.4 Å². The third kappa shape index (κ3) is 6.14. The number of amides is 2. The summed E-state index contributed by atoms with van der Waals surface area (Å²) in [7, 11) is 0. The molecular formula is C15H26N2O4. The number of carboxylic acids is 1. The Morgan fingerprint density at radius 2 is 1.71 bits per heavy atom. The lowest BCUT2D eigenvalue weighted by atomic mass is 9.69. The summed E-state index contributed by atoms with van der Waals surface area (Å²) in [6.45, 7) is 3.47. The van der Waals surface area contributed by atoms with E-state index < -0.39 is 22.8 Å². The molecule has 2 amide bonds. The Labute approximate surface area is 125 Å². The van der Waals surface area contributed by atoms with Crippen molar-refractivity contribution in [3.8, 4) is 0 Å². The highest BCUT2D eigenvalue weighted by Crippen LogP contribution is 2.42. The maximum absolute atomic E-state index is 12.2. The molecule has 0 radical (unpaired) electrons. The number of hydrogen-bond donors (Lipinski definition) is 3. The maximum atomic E-state index is 12.2. The van der Waals surface area contributed by atoms with E-state index in [1.54, 1.807) is 13.8 Å². The Morgan fingerprint density at radius 3 is 2.19 bits per heavy atom. The van der Waals surface area contributed by atoms with E-state index in [9.17, 15) is 14.4 Å². The number of carbonyl (C=O) groups is 3. The molecule has 0 aliphatic heterocycles. The molecule has 120 valence electrons. The average molecular weight is 298 g/mol. The Bertz CT molecular complexity index is 412. The first-order chi connectivity index (χ1) is 9.64. The van der Waals surface area contributed by atoms with Gasteiger partial charge in [0.2, 0.25) is 11.8 Å². The molecule has 0 spiro atoms. The van der Waals surface area contributed by atoms with Crippen molar-refractivity contribution >= 4 is 17.8 Å². The molecule has 1 aliphatic carbocycles. The number of hydrogen-bond acceptors (Lipinski definition) is 3. The van der Waals surface area contributed by atoms with Gasteiger partial charge in [0.05, 0.1) is 6.42 Å². The second-order valence-corrected chi connectivity index (χ2v) is 6.88. The molecule has 21 heavy (non-hydrogen) atoms. The van der Waals surface area contributed by atoms with E-state index >= 15 is 0 Å². The number of nitrogens with one attached hydrogen (secondary N) is 1. The van der Waals surface area contributed by atoms with E-state index in [4.69, 9.17) is 10.8 Å². The Hall–Kier alpha value is -1.59. The van der Waals surface area contributed by atoms with E-state index in [0.717, 1.165) is 32.1 Å². The third-order valence-electron chi connectivity index (χ3n) is 4.07. The number of nitrogens with two attached hydrogens (primary N) is 1. The predicted molar refractivity (Wildman–Crippen MR) is 78.4 cm³/mol. The van der Waals surface area contributed by atoms with Crippen molar-refractivity contribution in [2.45, 2.75) is 70.8 Å². The second-order valence-electron chi connectivity index (χ2n) is 6.88. The lowest BCUT2D eigenvalue weighted by Gasteiger charge is -2.36. The molecule has 0 atom stereocenters. The van der Waals surface area contributed by atoms with Crippen molar-refractivity contribution in [2.75, 3.05) is 0 Å². The van der Waals surface area contributed by atoms with Crippen molar-refractivity contribution in [1.82, 2.24) is 5.32 Å². The number of primary amides is 1. The summed E-state index contributed by atoms with van der Waals surface area (Å²) in [6, 6.07) is 0. The monoisotopic (exact) mass is 298 g/mol. The summed E-state index contributed by atoms with van der Waals surface area (Å²) in [5, 5.41) is 11.9. The quantitative estimate of drug-likeness (QED) is 0.662. The van der Waals surface area contributed by atoms with E-state index in [2.05, 4.69) is 5.32 Å². The smallest absolute Gasteiger partial charge is 0.303 e. The number of rotatable bonds is 7. The molecule has 1 saturated carbocycles. The van der Waals surface area contributed by atoms with Crippen LogP contribution >= 0.6 is 0 Å². The zero-order valence-electron chi connectivity index (χ0n) is 12.9. The first-order valence-corrected chi connectivity index (χ1v) is 7.45. The Balaban J connectivity index is 2.68. The van der Waals surface area contributed by atoms with E-state index in [1.165, 1.54) is 0 Å². The molecule has 0 bridgehead atoms. The lowest BCUT2D eigenvalue weighted by molar-refractivity contribution is -0.141. The molecule has 6 nitrogen and oxygen atoms in total. The van der Waals surface area contributed by atoms with Gasteiger partial charge < -0.3 is 16.2 Å². The van der Waals surface area contributed by atoms with Gasteiger partial charge in [0, 0.05) is 18.4 Å². The summed E-state index contributed by atoms with van der Waals surface area (Å²) in [5.74, 6) is -1.54. The molecule has 0 aromatic heterocycles. The fraction of sp³-hybridized carbons (Fsp3) is 0.800. The fourth-order valence-corrected chi connectivity index (χ4v) is 3.28. The van der Waals surface area contributed by atoms with Crippen LogP contribution in [0.4, 0.5) is 0 Å². The molecule has 0 aromatic rings. The summed E-state index contributed by atoms with van der Waals surface area (Å²) in [5.41, 5.74) is 4.01. The molecule has 1 fully saturated rings. The van der Waals surface area contributed by atoms with Crippen LogP contribution in [0.15, 0.2) is 0 Å². The van der Waals surface area contributed by atoms with Crippen LogP contribution in [0.3, 0.4) is 0 Å². The Morgan fingerprint density at radius 1 is 1.14 bits per heavy atom. The molecule has 1 aliphatic rings. The molecule has 0 aromatic carbocycles. The van der Waals surface area contributed by atoms with Gasteiger partial charge in [-0.05, 0) is 32.1 Å².